The van der Waals surface area contributed by atoms with Crippen LogP contribution in [0.5, 0.6) is 0 Å². The van der Waals surface area contributed by atoms with Gasteiger partial charge in [0.15, 0.2) is 0 Å². The minimum absolute atomic E-state index is 0. The Labute approximate surface area is 85.3 Å². The SMILES string of the molecule is C1=CCC(c2ccccc2)NC1.Cl. The number of hydrogen-bond donors (Lipinski definition) is 1. The second kappa shape index (κ2) is 5.05. The van der Waals surface area contributed by atoms with Gasteiger partial charge in [-0.2, -0.15) is 0 Å². The first-order valence-electron chi connectivity index (χ1n) is 4.40. The highest BCUT2D eigenvalue weighted by Crippen LogP contribution is 2.18. The standard InChI is InChI=1S/C11H13N.ClH/c1-2-6-10(7-3-1)11-8-4-5-9-12-11;/h1-7,11-12H,8-9H2;1H. The summed E-state index contributed by atoms with van der Waals surface area (Å²) in [7, 11) is 0. The van der Waals surface area contributed by atoms with Crippen molar-refractivity contribution < 1.29 is 0 Å². The highest BCUT2D eigenvalue weighted by Gasteiger charge is 2.09. The van der Waals surface area contributed by atoms with Crippen LogP contribution in [0.2, 0.25) is 0 Å². The van der Waals surface area contributed by atoms with Crippen LogP contribution < -0.4 is 5.32 Å². The summed E-state index contributed by atoms with van der Waals surface area (Å²) < 4.78 is 0. The number of rotatable bonds is 1. The maximum absolute atomic E-state index is 3.45. The molecule has 0 fully saturated rings. The zero-order chi connectivity index (χ0) is 8.23. The van der Waals surface area contributed by atoms with Crippen LogP contribution in [-0.4, -0.2) is 6.54 Å². The summed E-state index contributed by atoms with van der Waals surface area (Å²) in [5, 5.41) is 3.45. The van der Waals surface area contributed by atoms with E-state index in [0.717, 1.165) is 13.0 Å². The summed E-state index contributed by atoms with van der Waals surface area (Å²) in [6.45, 7) is 1.000. The van der Waals surface area contributed by atoms with Crippen molar-refractivity contribution in [3.63, 3.8) is 0 Å². The Balaban J connectivity index is 0.000000845. The highest BCUT2D eigenvalue weighted by atomic mass is 35.5. The van der Waals surface area contributed by atoms with Gasteiger partial charge < -0.3 is 5.32 Å². The van der Waals surface area contributed by atoms with Crippen LogP contribution >= 0.6 is 12.4 Å². The highest BCUT2D eigenvalue weighted by molar-refractivity contribution is 5.85. The first-order chi connectivity index (χ1) is 5.97. The number of halogens is 1. The lowest BCUT2D eigenvalue weighted by molar-refractivity contribution is 0.555. The molecule has 70 valence electrons. The molecule has 1 atom stereocenters. The summed E-state index contributed by atoms with van der Waals surface area (Å²) in [6, 6.07) is 11.1. The van der Waals surface area contributed by atoms with Crippen LogP contribution in [0.4, 0.5) is 0 Å². The Bertz CT molecular complexity index is 269. The predicted molar refractivity (Wildman–Crippen MR) is 58.2 cm³/mol. The van der Waals surface area contributed by atoms with Gasteiger partial charge in [0.1, 0.15) is 0 Å². The fourth-order valence-corrected chi connectivity index (χ4v) is 1.55. The average molecular weight is 196 g/mol. The van der Waals surface area contributed by atoms with Gasteiger partial charge in [0.2, 0.25) is 0 Å². The molecule has 0 saturated carbocycles. The Morgan fingerprint density at radius 2 is 1.85 bits per heavy atom. The molecule has 1 unspecified atom stereocenters. The summed E-state index contributed by atoms with van der Waals surface area (Å²) in [4.78, 5) is 0. The van der Waals surface area contributed by atoms with Crippen LogP contribution in [0, 0.1) is 0 Å². The number of nitrogens with one attached hydrogen (secondary N) is 1. The molecule has 1 nitrogen and oxygen atoms in total. The third-order valence-corrected chi connectivity index (χ3v) is 2.22. The van der Waals surface area contributed by atoms with Gasteiger partial charge >= 0.3 is 0 Å². The van der Waals surface area contributed by atoms with Gasteiger partial charge in [0.05, 0.1) is 0 Å². The topological polar surface area (TPSA) is 12.0 Å². The van der Waals surface area contributed by atoms with Crippen molar-refractivity contribution in [1.29, 1.82) is 0 Å². The van der Waals surface area contributed by atoms with E-state index in [-0.39, 0.29) is 12.4 Å². The number of hydrogen-bond acceptors (Lipinski definition) is 1. The molecule has 1 heterocycles. The maximum Gasteiger partial charge on any atom is 0.0357 e. The van der Waals surface area contributed by atoms with Crippen LogP contribution in [-0.2, 0) is 0 Å². The van der Waals surface area contributed by atoms with Gasteiger partial charge in [-0.15, -0.1) is 12.4 Å². The van der Waals surface area contributed by atoms with Gasteiger partial charge in [-0.05, 0) is 12.0 Å². The van der Waals surface area contributed by atoms with Crippen molar-refractivity contribution in [3.8, 4) is 0 Å². The molecule has 1 aromatic rings. The zero-order valence-electron chi connectivity index (χ0n) is 7.44. The Kier molecular flexibility index (Phi) is 4.00. The molecule has 0 amide bonds. The molecule has 0 radical (unpaired) electrons. The second-order valence-electron chi connectivity index (χ2n) is 3.08. The fourth-order valence-electron chi connectivity index (χ4n) is 1.55. The van der Waals surface area contributed by atoms with Gasteiger partial charge in [0.25, 0.3) is 0 Å². The quantitative estimate of drug-likeness (QED) is 0.680. The van der Waals surface area contributed by atoms with Crippen molar-refractivity contribution in [2.75, 3.05) is 6.54 Å². The number of benzene rings is 1. The molecular weight excluding hydrogens is 182 g/mol. The third-order valence-electron chi connectivity index (χ3n) is 2.22. The zero-order valence-corrected chi connectivity index (χ0v) is 8.26. The predicted octanol–water partition coefficient (Wildman–Crippen LogP) is 2.70. The Morgan fingerprint density at radius 1 is 1.08 bits per heavy atom. The van der Waals surface area contributed by atoms with Crippen molar-refractivity contribution in [2.24, 2.45) is 0 Å². The smallest absolute Gasteiger partial charge is 0.0357 e. The van der Waals surface area contributed by atoms with E-state index in [1.807, 2.05) is 0 Å². The van der Waals surface area contributed by atoms with E-state index in [1.165, 1.54) is 5.56 Å². The van der Waals surface area contributed by atoms with Crippen LogP contribution in [0.3, 0.4) is 0 Å². The van der Waals surface area contributed by atoms with Crippen LogP contribution in [0.25, 0.3) is 0 Å². The summed E-state index contributed by atoms with van der Waals surface area (Å²) in [5.74, 6) is 0. The van der Waals surface area contributed by atoms with Crippen LogP contribution in [0.1, 0.15) is 18.0 Å². The molecule has 0 saturated heterocycles. The molecule has 1 N–H and O–H groups in total. The van der Waals surface area contributed by atoms with E-state index in [1.54, 1.807) is 0 Å². The Hall–Kier alpha value is -0.790. The molecule has 0 bridgehead atoms. The van der Waals surface area contributed by atoms with Gasteiger partial charge in [-0.3, -0.25) is 0 Å². The van der Waals surface area contributed by atoms with E-state index in [9.17, 15) is 0 Å². The van der Waals surface area contributed by atoms with Crippen molar-refractivity contribution in [1.82, 2.24) is 5.32 Å². The van der Waals surface area contributed by atoms with E-state index in [4.69, 9.17) is 0 Å². The van der Waals surface area contributed by atoms with Gasteiger partial charge in [-0.1, -0.05) is 42.5 Å². The van der Waals surface area contributed by atoms with E-state index >= 15 is 0 Å². The molecule has 2 rings (SSSR count). The minimum atomic E-state index is 0. The molecule has 0 spiro atoms. The minimum Gasteiger partial charge on any atom is -0.306 e. The van der Waals surface area contributed by atoms with Crippen molar-refractivity contribution >= 4 is 12.4 Å². The first-order valence-corrected chi connectivity index (χ1v) is 4.40. The maximum atomic E-state index is 3.45. The molecule has 0 aliphatic carbocycles. The first kappa shape index (κ1) is 10.3. The average Bonchev–Trinajstić information content (AvgIpc) is 2.21. The fraction of sp³-hybridized carbons (Fsp3) is 0.273. The lowest BCUT2D eigenvalue weighted by atomic mass is 10.0. The summed E-state index contributed by atoms with van der Waals surface area (Å²) in [5.41, 5.74) is 1.39. The Morgan fingerprint density at radius 3 is 2.46 bits per heavy atom. The molecule has 1 aliphatic rings. The van der Waals surface area contributed by atoms with Crippen LogP contribution in [0.15, 0.2) is 42.5 Å². The molecular formula is C11H14ClN. The summed E-state index contributed by atoms with van der Waals surface area (Å²) >= 11 is 0. The largest absolute Gasteiger partial charge is 0.306 e. The van der Waals surface area contributed by atoms with Crippen molar-refractivity contribution in [3.05, 3.63) is 48.0 Å². The lowest BCUT2D eigenvalue weighted by Crippen LogP contribution is -2.23. The van der Waals surface area contributed by atoms with Crippen molar-refractivity contribution in [2.45, 2.75) is 12.5 Å². The second-order valence-corrected chi connectivity index (χ2v) is 3.08. The normalized spacial score (nSPS) is 20.8. The third kappa shape index (κ3) is 2.58. The molecule has 1 aromatic carbocycles. The molecule has 2 heteroatoms. The van der Waals surface area contributed by atoms with E-state index in [2.05, 4.69) is 47.8 Å². The monoisotopic (exact) mass is 195 g/mol. The van der Waals surface area contributed by atoms with Gasteiger partial charge in [-0.25, -0.2) is 0 Å². The molecule has 1 aliphatic heterocycles. The van der Waals surface area contributed by atoms with Gasteiger partial charge in [0, 0.05) is 12.6 Å². The molecule has 0 aromatic heterocycles. The van der Waals surface area contributed by atoms with E-state index in [0.29, 0.717) is 6.04 Å². The summed E-state index contributed by atoms with van der Waals surface area (Å²) in [6.07, 6.45) is 5.54. The lowest BCUT2D eigenvalue weighted by Gasteiger charge is -2.19. The van der Waals surface area contributed by atoms with E-state index < -0.39 is 0 Å². The molecule has 13 heavy (non-hydrogen) atoms.